The normalized spacial score (nSPS) is 11.6. The molecule has 0 amide bonds. The predicted molar refractivity (Wildman–Crippen MR) is 120 cm³/mol. The lowest BCUT2D eigenvalue weighted by atomic mass is 10.0. The maximum Gasteiger partial charge on any atom is 0.340 e. The second kappa shape index (κ2) is 9.76. The molecule has 3 aromatic rings. The van der Waals surface area contributed by atoms with Crippen molar-refractivity contribution in [3.05, 3.63) is 53.1 Å². The summed E-state index contributed by atoms with van der Waals surface area (Å²) >= 11 is 0. The summed E-state index contributed by atoms with van der Waals surface area (Å²) in [6.07, 6.45) is 1.42. The van der Waals surface area contributed by atoms with E-state index >= 15 is 0 Å². The molecule has 0 radical (unpaired) electrons. The number of aryl methyl sites for hydroxylation is 1. The fourth-order valence-corrected chi connectivity index (χ4v) is 5.03. The lowest BCUT2D eigenvalue weighted by molar-refractivity contribution is 0.0527. The highest BCUT2D eigenvalue weighted by Gasteiger charge is 2.29. The maximum atomic E-state index is 12.9. The zero-order valence-corrected chi connectivity index (χ0v) is 19.5. The number of aromatic hydroxyl groups is 1. The van der Waals surface area contributed by atoms with Crippen LogP contribution in [0.15, 0.2) is 34.9 Å². The van der Waals surface area contributed by atoms with Gasteiger partial charge in [-0.2, -0.15) is 0 Å². The first-order chi connectivity index (χ1) is 14.1. The third-order valence-electron chi connectivity index (χ3n) is 4.82. The molecule has 0 fully saturated rings. The average Bonchev–Trinajstić information content (AvgIpc) is 3.24. The van der Waals surface area contributed by atoms with E-state index in [9.17, 15) is 18.3 Å². The Bertz CT molecular complexity index is 1170. The van der Waals surface area contributed by atoms with Crippen molar-refractivity contribution in [1.29, 1.82) is 0 Å². The molecule has 1 N–H and O–H groups in total. The average molecular weight is 471 g/mol. The zero-order chi connectivity index (χ0) is 22.1. The number of esters is 1. The Labute approximate surface area is 187 Å². The van der Waals surface area contributed by atoms with Gasteiger partial charge in [-0.25, -0.2) is 13.2 Å². The number of benzene rings is 1. The standard InChI is InChI=1S/C21H26N2O6S.ClH/c1-5-28-21(25)20-17(13-30(26,27)12-14-7-6-10-29-14)23(4)16-8-9-18(24)15(19(16)20)11-22(2)3;/h6-10,24H,5,11-13H2,1-4H3;1H. The van der Waals surface area contributed by atoms with Gasteiger partial charge in [0.1, 0.15) is 17.3 Å². The lowest BCUT2D eigenvalue weighted by Gasteiger charge is -2.14. The van der Waals surface area contributed by atoms with E-state index in [0.29, 0.717) is 34.5 Å². The SMILES string of the molecule is CCOC(=O)c1c(CS(=O)(=O)Cc2ccco2)n(C)c2ccc(O)c(CN(C)C)c12.Cl. The van der Waals surface area contributed by atoms with Gasteiger partial charge < -0.3 is 23.7 Å². The Morgan fingerprint density at radius 1 is 1.23 bits per heavy atom. The van der Waals surface area contributed by atoms with E-state index in [1.807, 2.05) is 19.0 Å². The smallest absolute Gasteiger partial charge is 0.340 e. The fraction of sp³-hybridized carbons (Fsp3) is 0.381. The first kappa shape index (κ1) is 24.8. The van der Waals surface area contributed by atoms with Gasteiger partial charge in [-0.05, 0) is 45.3 Å². The van der Waals surface area contributed by atoms with Crippen LogP contribution in [0.3, 0.4) is 0 Å². The molecule has 0 spiro atoms. The summed E-state index contributed by atoms with van der Waals surface area (Å²) < 4.78 is 37.9. The molecule has 10 heteroatoms. The number of carbonyl (C=O) groups is 1. The van der Waals surface area contributed by atoms with Crippen LogP contribution in [0.25, 0.3) is 10.9 Å². The van der Waals surface area contributed by atoms with Gasteiger partial charge in [0.25, 0.3) is 0 Å². The summed E-state index contributed by atoms with van der Waals surface area (Å²) in [5, 5.41) is 11.0. The van der Waals surface area contributed by atoms with E-state index in [1.165, 1.54) is 6.26 Å². The van der Waals surface area contributed by atoms with Gasteiger partial charge in [-0.15, -0.1) is 12.4 Å². The van der Waals surface area contributed by atoms with Gasteiger partial charge in [0.2, 0.25) is 0 Å². The first-order valence-electron chi connectivity index (χ1n) is 9.51. The number of furan rings is 1. The molecule has 0 bridgehead atoms. The van der Waals surface area contributed by atoms with Crippen LogP contribution in [0.2, 0.25) is 0 Å². The number of rotatable bonds is 8. The van der Waals surface area contributed by atoms with Crippen molar-refractivity contribution in [2.75, 3.05) is 20.7 Å². The Morgan fingerprint density at radius 3 is 2.52 bits per heavy atom. The largest absolute Gasteiger partial charge is 0.508 e. The summed E-state index contributed by atoms with van der Waals surface area (Å²) in [6.45, 7) is 2.21. The molecular weight excluding hydrogens is 444 g/mol. The van der Waals surface area contributed by atoms with Gasteiger partial charge in [0.05, 0.1) is 24.2 Å². The Kier molecular flexibility index (Phi) is 7.80. The summed E-state index contributed by atoms with van der Waals surface area (Å²) in [6, 6.07) is 6.45. The molecule has 0 atom stereocenters. The highest BCUT2D eigenvalue weighted by atomic mass is 35.5. The number of carbonyl (C=O) groups excluding carboxylic acids is 1. The van der Waals surface area contributed by atoms with Crippen LogP contribution >= 0.6 is 12.4 Å². The number of hydrogen-bond donors (Lipinski definition) is 1. The van der Waals surface area contributed by atoms with Gasteiger partial charge >= 0.3 is 5.97 Å². The van der Waals surface area contributed by atoms with Gasteiger partial charge in [-0.1, -0.05) is 0 Å². The van der Waals surface area contributed by atoms with Gasteiger partial charge in [-0.3, -0.25) is 0 Å². The molecule has 170 valence electrons. The Balaban J connectivity index is 0.00000341. The van der Waals surface area contributed by atoms with Crippen LogP contribution in [0, 0.1) is 0 Å². The van der Waals surface area contributed by atoms with Crippen LogP contribution in [-0.2, 0) is 39.7 Å². The number of phenolic OH excluding ortho intramolecular Hbond substituents is 1. The van der Waals surface area contributed by atoms with E-state index in [4.69, 9.17) is 9.15 Å². The summed E-state index contributed by atoms with van der Waals surface area (Å²) in [5.41, 5.74) is 1.69. The third-order valence-corrected chi connectivity index (χ3v) is 6.26. The van der Waals surface area contributed by atoms with Crippen molar-refractivity contribution < 1.29 is 27.5 Å². The number of aromatic nitrogens is 1. The molecule has 31 heavy (non-hydrogen) atoms. The number of nitrogens with zero attached hydrogens (tertiary/aromatic N) is 2. The second-order valence-corrected chi connectivity index (χ2v) is 9.47. The van der Waals surface area contributed by atoms with Crippen LogP contribution in [0.4, 0.5) is 0 Å². The van der Waals surface area contributed by atoms with E-state index in [2.05, 4.69) is 0 Å². The molecule has 0 aliphatic carbocycles. The minimum absolute atomic E-state index is 0. The van der Waals surface area contributed by atoms with E-state index < -0.39 is 15.8 Å². The van der Waals surface area contributed by atoms with Crippen molar-refractivity contribution in [3.63, 3.8) is 0 Å². The van der Waals surface area contributed by atoms with Gasteiger partial charge in [0.15, 0.2) is 9.84 Å². The zero-order valence-electron chi connectivity index (χ0n) is 17.9. The van der Waals surface area contributed by atoms with Crippen LogP contribution < -0.4 is 0 Å². The quantitative estimate of drug-likeness (QED) is 0.504. The maximum absolute atomic E-state index is 12.9. The molecule has 2 aromatic heterocycles. The minimum atomic E-state index is -3.64. The monoisotopic (exact) mass is 470 g/mol. The van der Waals surface area contributed by atoms with Crippen LogP contribution in [0.5, 0.6) is 5.75 Å². The second-order valence-electron chi connectivity index (χ2n) is 7.41. The molecule has 0 saturated heterocycles. The highest BCUT2D eigenvalue weighted by Crippen LogP contribution is 2.35. The number of phenols is 1. The highest BCUT2D eigenvalue weighted by molar-refractivity contribution is 7.89. The number of fused-ring (bicyclic) bond motifs is 1. The fourth-order valence-electron chi connectivity index (χ4n) is 3.58. The predicted octanol–water partition coefficient (Wildman–Crippen LogP) is 3.25. The van der Waals surface area contributed by atoms with Gasteiger partial charge in [0, 0.05) is 35.8 Å². The first-order valence-corrected chi connectivity index (χ1v) is 11.3. The molecule has 2 heterocycles. The Hall–Kier alpha value is -2.49. The van der Waals surface area contributed by atoms with E-state index in [0.717, 1.165) is 0 Å². The lowest BCUT2D eigenvalue weighted by Crippen LogP contribution is -2.15. The topological polar surface area (TPSA) is 102 Å². The molecule has 8 nitrogen and oxygen atoms in total. The minimum Gasteiger partial charge on any atom is -0.508 e. The van der Waals surface area contributed by atoms with Crippen LogP contribution in [-0.4, -0.2) is 49.7 Å². The Morgan fingerprint density at radius 2 is 1.94 bits per heavy atom. The number of hydrogen-bond acceptors (Lipinski definition) is 7. The molecule has 0 aliphatic heterocycles. The molecule has 1 aromatic carbocycles. The van der Waals surface area contributed by atoms with E-state index in [-0.39, 0.29) is 41.8 Å². The third kappa shape index (κ3) is 5.23. The molecular formula is C21H27ClN2O6S. The van der Waals surface area contributed by atoms with Crippen molar-refractivity contribution in [2.45, 2.75) is 25.0 Å². The van der Waals surface area contributed by atoms with E-state index in [1.54, 1.807) is 42.8 Å². The summed E-state index contributed by atoms with van der Waals surface area (Å²) in [4.78, 5) is 14.8. The summed E-state index contributed by atoms with van der Waals surface area (Å²) in [5.74, 6) is -0.888. The molecule has 3 rings (SSSR count). The van der Waals surface area contributed by atoms with Crippen LogP contribution in [0.1, 0.15) is 34.3 Å². The number of ether oxygens (including phenoxy) is 1. The van der Waals surface area contributed by atoms with Crippen molar-refractivity contribution in [1.82, 2.24) is 9.47 Å². The number of sulfone groups is 1. The number of halogens is 1. The molecule has 0 saturated carbocycles. The van der Waals surface area contributed by atoms with Crippen molar-refractivity contribution in [3.8, 4) is 5.75 Å². The van der Waals surface area contributed by atoms with Crippen molar-refractivity contribution in [2.24, 2.45) is 7.05 Å². The van der Waals surface area contributed by atoms with Crippen molar-refractivity contribution >= 4 is 39.1 Å². The summed E-state index contributed by atoms with van der Waals surface area (Å²) in [7, 11) is 1.76. The molecule has 0 unspecified atom stereocenters. The molecule has 0 aliphatic rings.